The predicted molar refractivity (Wildman–Crippen MR) is 172 cm³/mol. The van der Waals surface area contributed by atoms with E-state index in [0.29, 0.717) is 35.2 Å². The van der Waals surface area contributed by atoms with Crippen LogP contribution in [0, 0.1) is 2.88 Å². The maximum atomic E-state index is 13.2. The number of benzene rings is 2. The Morgan fingerprint density at radius 2 is 1.88 bits per heavy atom. The van der Waals surface area contributed by atoms with Crippen LogP contribution in [-0.4, -0.2) is 38.8 Å². The van der Waals surface area contributed by atoms with Gasteiger partial charge in [-0.25, -0.2) is 0 Å². The molecule has 10 nitrogen and oxygen atoms in total. The number of fused-ring (bicyclic) bond motifs is 1. The van der Waals surface area contributed by atoms with Gasteiger partial charge < -0.3 is 4.74 Å². The van der Waals surface area contributed by atoms with Crippen molar-refractivity contribution in [1.82, 2.24) is 15.1 Å². The van der Waals surface area contributed by atoms with Crippen molar-refractivity contribution in [2.75, 3.05) is 17.2 Å². The Kier molecular flexibility index (Phi) is 11.3. The minimum absolute atomic E-state index is 0.0475. The summed E-state index contributed by atoms with van der Waals surface area (Å²) in [4.78, 5) is 24.1. The molecule has 1 amide bonds. The van der Waals surface area contributed by atoms with Crippen molar-refractivity contribution in [2.24, 2.45) is 0 Å². The molecule has 0 aliphatic rings. The summed E-state index contributed by atoms with van der Waals surface area (Å²) < 4.78 is 40.0. The molecule has 1 unspecified atom stereocenters. The van der Waals surface area contributed by atoms with Gasteiger partial charge in [0.2, 0.25) is 0 Å². The van der Waals surface area contributed by atoms with Crippen LogP contribution in [0.4, 0.5) is 5.82 Å². The molecule has 0 bridgehead atoms. The topological polar surface area (TPSA) is 132 Å². The minimum atomic E-state index is -4.85. The number of hydrogen-bond donors (Lipinski definition) is 3. The third-order valence-electron chi connectivity index (χ3n) is 6.35. The monoisotopic (exact) mass is 728 g/mol. The van der Waals surface area contributed by atoms with Crippen LogP contribution in [0.5, 0.6) is 5.75 Å². The van der Waals surface area contributed by atoms with Crippen LogP contribution in [0.15, 0.2) is 54.6 Å². The van der Waals surface area contributed by atoms with E-state index in [1.54, 1.807) is 22.9 Å². The fraction of sp³-hybridized carbons (Fsp3) is 0.345. The van der Waals surface area contributed by atoms with E-state index in [4.69, 9.17) is 21.1 Å². The molecule has 4 aromatic rings. The van der Waals surface area contributed by atoms with E-state index in [2.05, 4.69) is 20.9 Å². The van der Waals surface area contributed by atoms with Crippen molar-refractivity contribution in [3.63, 3.8) is 0 Å². The predicted octanol–water partition coefficient (Wildman–Crippen LogP) is 6.43. The Bertz CT molecular complexity index is 1590. The number of nitrogens with zero attached hydrogens (tertiary/aromatic N) is 2. The van der Waals surface area contributed by atoms with Crippen LogP contribution < -0.4 is 13.6 Å². The van der Waals surface area contributed by atoms with Gasteiger partial charge in [0.1, 0.15) is 0 Å². The molecule has 0 radical (unpaired) electrons. The number of anilines is 1. The molecule has 2 aromatic heterocycles. The molecule has 1 atom stereocenters. The Balaban J connectivity index is 1.43. The number of halogens is 2. The molecule has 0 saturated carbocycles. The van der Waals surface area contributed by atoms with Gasteiger partial charge in [0, 0.05) is 0 Å². The maximum absolute atomic E-state index is 13.2. The van der Waals surface area contributed by atoms with Crippen LogP contribution in [0.1, 0.15) is 50.2 Å². The van der Waals surface area contributed by atoms with E-state index in [0.717, 1.165) is 47.2 Å². The van der Waals surface area contributed by atoms with Gasteiger partial charge in [0.15, 0.2) is 0 Å². The van der Waals surface area contributed by atoms with Gasteiger partial charge >= 0.3 is 211 Å². The number of amides is 1. The summed E-state index contributed by atoms with van der Waals surface area (Å²) in [5, 5.41) is 8.10. The van der Waals surface area contributed by atoms with Crippen molar-refractivity contribution < 1.29 is 25.6 Å². The average Bonchev–Trinajstić information content (AvgIpc) is 3.57. The number of aromatic nitrogens is 2. The van der Waals surface area contributed by atoms with Gasteiger partial charge in [-0.05, 0) is 6.42 Å². The number of esters is 1. The van der Waals surface area contributed by atoms with Gasteiger partial charge in [-0.15, -0.1) is 0 Å². The van der Waals surface area contributed by atoms with E-state index >= 15 is 0 Å². The first-order valence-corrected chi connectivity index (χ1v) is 18.7. The molecular weight excluding hydrogens is 695 g/mol. The second kappa shape index (κ2) is 14.9. The fourth-order valence-electron chi connectivity index (χ4n) is 4.28. The van der Waals surface area contributed by atoms with Crippen LogP contribution in [0.2, 0.25) is 4.34 Å². The molecule has 2 heterocycles. The summed E-state index contributed by atoms with van der Waals surface area (Å²) >= 11 is 2.20. The Labute approximate surface area is 258 Å². The number of ether oxygens (including phenoxy) is 2. The number of carbonyl (C=O) groups is 2. The molecule has 0 aliphatic carbocycles. The van der Waals surface area contributed by atoms with Crippen molar-refractivity contribution in [2.45, 2.75) is 52.1 Å². The number of rotatable bonds is 15. The van der Waals surface area contributed by atoms with E-state index < -0.39 is 19.1 Å². The summed E-state index contributed by atoms with van der Waals surface area (Å²) in [5.74, 6) is 0.171. The second-order valence-corrected chi connectivity index (χ2v) is 16.4. The first kappa shape index (κ1) is 31.9. The average molecular weight is 729 g/mol. The number of thiophene rings is 1. The zero-order valence-electron chi connectivity index (χ0n) is 23.4. The van der Waals surface area contributed by atoms with E-state index in [9.17, 15) is 16.1 Å². The van der Waals surface area contributed by atoms with E-state index in [1.165, 1.54) is 7.11 Å². The van der Waals surface area contributed by atoms with Gasteiger partial charge in [-0.3, -0.25) is 4.79 Å². The van der Waals surface area contributed by atoms with Crippen LogP contribution >= 0.6 is 42.0 Å². The summed E-state index contributed by atoms with van der Waals surface area (Å²) in [6, 6.07) is 16.3. The number of carbonyl (C=O) groups excluding carboxylic acids is 2. The van der Waals surface area contributed by atoms with E-state index in [1.807, 2.05) is 36.4 Å². The van der Waals surface area contributed by atoms with Gasteiger partial charge in [-0.2, -0.15) is 0 Å². The zero-order valence-corrected chi connectivity index (χ0v) is 27.1. The molecule has 13 heteroatoms. The van der Waals surface area contributed by atoms with Crippen LogP contribution in [0.3, 0.4) is 0 Å². The summed E-state index contributed by atoms with van der Waals surface area (Å²) in [7, 11) is 1.54. The second-order valence-electron chi connectivity index (χ2n) is 9.51. The van der Waals surface area contributed by atoms with Gasteiger partial charge in [0.05, 0.1) is 13.0 Å². The van der Waals surface area contributed by atoms with Gasteiger partial charge in [-0.1, -0.05) is 19.8 Å². The fourth-order valence-corrected chi connectivity index (χ4v) is 9.41. The molecular formula is C29H34ClIN4O6S. The number of methoxy groups -OCH3 is 1. The number of hydrogen-bond acceptors (Lipinski definition) is 7. The van der Waals surface area contributed by atoms with Crippen molar-refractivity contribution >= 4 is 70.6 Å². The quantitative estimate of drug-likeness (QED) is 0.0553. The van der Waals surface area contributed by atoms with Crippen molar-refractivity contribution in [3.05, 3.63) is 72.9 Å². The third-order valence-corrected chi connectivity index (χ3v) is 12.5. The van der Waals surface area contributed by atoms with Gasteiger partial charge in [0.25, 0.3) is 0 Å². The number of unbranched alkanes of at least 4 members (excludes halogenated alkanes) is 2. The molecule has 0 spiro atoms. The molecule has 226 valence electrons. The SMILES string of the molecule is CCCCCOC(=O)CCC(=O)NCc1cccc(Cn2nc(NI(=O)(O)c3ccc(Cl)s3)c3c(OC)cccc32)c1. The molecule has 3 N–H and O–H groups in total. The van der Waals surface area contributed by atoms with Crippen LogP contribution in [0.25, 0.3) is 10.9 Å². The number of nitrogens with one attached hydrogen (secondary N) is 2. The molecule has 0 aliphatic heterocycles. The first-order valence-electron chi connectivity index (χ1n) is 13.5. The molecule has 0 saturated heterocycles. The van der Waals surface area contributed by atoms with Crippen molar-refractivity contribution in [3.8, 4) is 5.75 Å². The summed E-state index contributed by atoms with van der Waals surface area (Å²) in [5.41, 5.74) is 2.52. The Morgan fingerprint density at radius 1 is 1.10 bits per heavy atom. The van der Waals surface area contributed by atoms with Crippen LogP contribution in [-0.2, 0) is 30.5 Å². The third kappa shape index (κ3) is 8.49. The Morgan fingerprint density at radius 3 is 2.62 bits per heavy atom. The zero-order chi connectivity index (χ0) is 30.1. The Hall–Kier alpha value is -3.07. The molecule has 2 aromatic carbocycles. The molecule has 0 fully saturated rings. The molecule has 42 heavy (non-hydrogen) atoms. The van der Waals surface area contributed by atoms with Crippen molar-refractivity contribution in [1.29, 1.82) is 0 Å². The summed E-state index contributed by atoms with van der Waals surface area (Å²) in [6.45, 7) is 3.14. The summed E-state index contributed by atoms with van der Waals surface area (Å²) in [6.07, 6.45) is 3.00. The van der Waals surface area contributed by atoms with E-state index in [-0.39, 0.29) is 33.4 Å². The normalized spacial score (nSPS) is 13.3. The molecule has 4 rings (SSSR count). The first-order chi connectivity index (χ1) is 20.2. The standard InChI is InChI=1S/C29H34ClIN4O6S/c1-3-4-5-16-41-27(37)15-14-26(36)32-18-20-8-6-9-21(17-20)19-35-22-10-7-11-23(40-2)28(22)29(34-35)33-31(38,39)25-13-12-24(30)42-25/h6-13,17H,3-5,14-16,18-19H2,1-2H3,(H,32,36)(H2,33,34,38,39).